The Labute approximate surface area is 152 Å². The molecule has 3 nitrogen and oxygen atoms in total. The molecule has 2 heterocycles. The minimum absolute atomic E-state index is 0.164. The normalized spacial score (nSPS) is 11.1. The molecule has 0 saturated heterocycles. The summed E-state index contributed by atoms with van der Waals surface area (Å²) in [6.07, 6.45) is 5.73. The van der Waals surface area contributed by atoms with E-state index in [-0.39, 0.29) is 5.82 Å². The van der Waals surface area contributed by atoms with Crippen LogP contribution in [-0.2, 0) is 19.6 Å². The summed E-state index contributed by atoms with van der Waals surface area (Å²) in [6, 6.07) is 19.2. The number of hydrogen-bond acceptors (Lipinski definition) is 2. The number of para-hydroxylation sites is 1. The van der Waals surface area contributed by atoms with Crippen LogP contribution < -0.4 is 5.32 Å². The maximum Gasteiger partial charge on any atom is 0.128 e. The van der Waals surface area contributed by atoms with Crippen LogP contribution in [0.3, 0.4) is 0 Å². The van der Waals surface area contributed by atoms with Gasteiger partial charge in [-0.1, -0.05) is 36.4 Å². The predicted molar refractivity (Wildman–Crippen MR) is 102 cm³/mol. The van der Waals surface area contributed by atoms with Crippen molar-refractivity contribution in [3.63, 3.8) is 0 Å². The maximum atomic E-state index is 14.0. The summed E-state index contributed by atoms with van der Waals surface area (Å²) in [5.74, 6) is -0.164. The molecule has 4 aromatic rings. The molecule has 26 heavy (non-hydrogen) atoms. The third-order valence-corrected chi connectivity index (χ3v) is 4.56. The van der Waals surface area contributed by atoms with Gasteiger partial charge in [0.15, 0.2) is 0 Å². The second kappa shape index (κ2) is 7.50. The van der Waals surface area contributed by atoms with E-state index in [1.54, 1.807) is 18.5 Å². The number of halogens is 1. The molecule has 0 bridgehead atoms. The highest BCUT2D eigenvalue weighted by atomic mass is 19.1. The Kier molecular flexibility index (Phi) is 4.75. The SMILES string of the molecule is Fc1ccccc1Cn1cc(CNCc2ccncc2)c2ccccc21. The van der Waals surface area contributed by atoms with E-state index in [1.807, 2.05) is 36.4 Å². The van der Waals surface area contributed by atoms with Gasteiger partial charge in [0.25, 0.3) is 0 Å². The van der Waals surface area contributed by atoms with Crippen molar-refractivity contribution in [1.82, 2.24) is 14.9 Å². The number of rotatable bonds is 6. The van der Waals surface area contributed by atoms with Gasteiger partial charge in [-0.3, -0.25) is 4.98 Å². The van der Waals surface area contributed by atoms with Crippen LogP contribution in [0, 0.1) is 5.82 Å². The number of fused-ring (bicyclic) bond motifs is 1. The van der Waals surface area contributed by atoms with Gasteiger partial charge in [0, 0.05) is 48.1 Å². The van der Waals surface area contributed by atoms with Gasteiger partial charge in [0.1, 0.15) is 5.82 Å². The quantitative estimate of drug-likeness (QED) is 0.557. The third kappa shape index (κ3) is 3.51. The number of aromatic nitrogens is 2. The van der Waals surface area contributed by atoms with Crippen molar-refractivity contribution < 1.29 is 4.39 Å². The van der Waals surface area contributed by atoms with Crippen LogP contribution in [0.5, 0.6) is 0 Å². The molecule has 2 aromatic heterocycles. The van der Waals surface area contributed by atoms with Crippen molar-refractivity contribution in [2.45, 2.75) is 19.6 Å². The zero-order chi connectivity index (χ0) is 17.8. The number of nitrogens with zero attached hydrogens (tertiary/aromatic N) is 2. The van der Waals surface area contributed by atoms with E-state index in [9.17, 15) is 4.39 Å². The molecule has 0 radical (unpaired) electrons. The second-order valence-corrected chi connectivity index (χ2v) is 6.35. The van der Waals surface area contributed by atoms with Gasteiger partial charge in [0.2, 0.25) is 0 Å². The molecule has 2 aromatic carbocycles. The van der Waals surface area contributed by atoms with Crippen molar-refractivity contribution in [3.05, 3.63) is 102 Å². The second-order valence-electron chi connectivity index (χ2n) is 6.35. The largest absolute Gasteiger partial charge is 0.343 e. The zero-order valence-corrected chi connectivity index (χ0v) is 14.4. The minimum atomic E-state index is -0.164. The molecule has 1 N–H and O–H groups in total. The van der Waals surface area contributed by atoms with E-state index in [0.29, 0.717) is 12.1 Å². The fourth-order valence-electron chi connectivity index (χ4n) is 3.25. The molecule has 0 aliphatic heterocycles. The third-order valence-electron chi connectivity index (χ3n) is 4.56. The molecule has 0 amide bonds. The Morgan fingerprint density at radius 2 is 1.62 bits per heavy atom. The average molecular weight is 345 g/mol. The zero-order valence-electron chi connectivity index (χ0n) is 14.4. The maximum absolute atomic E-state index is 14.0. The predicted octanol–water partition coefficient (Wildman–Crippen LogP) is 4.51. The van der Waals surface area contributed by atoms with Crippen LogP contribution >= 0.6 is 0 Å². The summed E-state index contributed by atoms with van der Waals surface area (Å²) in [4.78, 5) is 4.04. The molecule has 0 spiro atoms. The Morgan fingerprint density at radius 1 is 0.846 bits per heavy atom. The Hall–Kier alpha value is -2.98. The first-order chi connectivity index (χ1) is 12.8. The van der Waals surface area contributed by atoms with Gasteiger partial charge in [0.05, 0.1) is 6.54 Å². The topological polar surface area (TPSA) is 29.9 Å². The molecule has 4 heteroatoms. The molecule has 130 valence electrons. The molecule has 0 aliphatic carbocycles. The Bertz CT molecular complexity index is 1010. The first-order valence-electron chi connectivity index (χ1n) is 8.71. The summed E-state index contributed by atoms with van der Waals surface area (Å²) < 4.78 is 16.2. The van der Waals surface area contributed by atoms with Crippen LogP contribution in [-0.4, -0.2) is 9.55 Å². The molecule has 4 rings (SSSR count). The van der Waals surface area contributed by atoms with Gasteiger partial charge in [-0.2, -0.15) is 0 Å². The van der Waals surface area contributed by atoms with Crippen LogP contribution in [0.15, 0.2) is 79.3 Å². The van der Waals surface area contributed by atoms with Crippen LogP contribution in [0.4, 0.5) is 4.39 Å². The van der Waals surface area contributed by atoms with E-state index in [0.717, 1.165) is 18.6 Å². The lowest BCUT2D eigenvalue weighted by Crippen LogP contribution is -2.12. The lowest BCUT2D eigenvalue weighted by Gasteiger charge is -2.06. The highest BCUT2D eigenvalue weighted by molar-refractivity contribution is 5.84. The van der Waals surface area contributed by atoms with Gasteiger partial charge >= 0.3 is 0 Å². The van der Waals surface area contributed by atoms with E-state index in [1.165, 1.54) is 22.6 Å². The minimum Gasteiger partial charge on any atom is -0.343 e. The number of hydrogen-bond donors (Lipinski definition) is 1. The van der Waals surface area contributed by atoms with Gasteiger partial charge < -0.3 is 9.88 Å². The van der Waals surface area contributed by atoms with Gasteiger partial charge in [-0.15, -0.1) is 0 Å². The summed E-state index contributed by atoms with van der Waals surface area (Å²) in [7, 11) is 0. The summed E-state index contributed by atoms with van der Waals surface area (Å²) in [5.41, 5.74) is 4.24. The molecule has 0 saturated carbocycles. The fraction of sp³-hybridized carbons (Fsp3) is 0.136. The summed E-state index contributed by atoms with van der Waals surface area (Å²) in [5, 5.41) is 4.68. The fourth-order valence-corrected chi connectivity index (χ4v) is 3.25. The monoisotopic (exact) mass is 345 g/mol. The average Bonchev–Trinajstić information content (AvgIpc) is 3.02. The van der Waals surface area contributed by atoms with Crippen molar-refractivity contribution >= 4 is 10.9 Å². The van der Waals surface area contributed by atoms with Crippen molar-refractivity contribution in [3.8, 4) is 0 Å². The number of pyridine rings is 1. The summed E-state index contributed by atoms with van der Waals surface area (Å²) >= 11 is 0. The first-order valence-corrected chi connectivity index (χ1v) is 8.71. The van der Waals surface area contributed by atoms with E-state index < -0.39 is 0 Å². The molecular formula is C22H20FN3. The number of nitrogens with one attached hydrogen (secondary N) is 1. The smallest absolute Gasteiger partial charge is 0.128 e. The molecular weight excluding hydrogens is 325 g/mol. The van der Waals surface area contributed by atoms with E-state index in [2.05, 4.69) is 33.2 Å². The van der Waals surface area contributed by atoms with Crippen molar-refractivity contribution in [2.75, 3.05) is 0 Å². The lowest BCUT2D eigenvalue weighted by molar-refractivity contribution is 0.601. The Balaban J connectivity index is 1.57. The molecule has 0 atom stereocenters. The summed E-state index contributed by atoms with van der Waals surface area (Å²) in [6.45, 7) is 2.07. The van der Waals surface area contributed by atoms with Gasteiger partial charge in [-0.25, -0.2) is 4.39 Å². The lowest BCUT2D eigenvalue weighted by atomic mass is 10.1. The first kappa shape index (κ1) is 16.5. The van der Waals surface area contributed by atoms with Crippen LogP contribution in [0.2, 0.25) is 0 Å². The highest BCUT2D eigenvalue weighted by Crippen LogP contribution is 2.23. The van der Waals surface area contributed by atoms with E-state index >= 15 is 0 Å². The molecule has 0 fully saturated rings. The standard InChI is InChI=1S/C22H20FN3/c23-21-7-3-1-5-18(21)15-26-16-19(20-6-2-4-8-22(20)26)14-25-13-17-9-11-24-12-10-17/h1-12,16,25H,13-15H2. The van der Waals surface area contributed by atoms with Gasteiger partial charge in [-0.05, 0) is 35.4 Å². The van der Waals surface area contributed by atoms with Crippen molar-refractivity contribution in [2.24, 2.45) is 0 Å². The number of benzene rings is 2. The Morgan fingerprint density at radius 3 is 2.46 bits per heavy atom. The molecule has 0 aliphatic rings. The molecule has 0 unspecified atom stereocenters. The van der Waals surface area contributed by atoms with Crippen molar-refractivity contribution in [1.29, 1.82) is 0 Å². The van der Waals surface area contributed by atoms with Crippen LogP contribution in [0.25, 0.3) is 10.9 Å². The highest BCUT2D eigenvalue weighted by Gasteiger charge is 2.10. The van der Waals surface area contributed by atoms with Crippen LogP contribution in [0.1, 0.15) is 16.7 Å². The van der Waals surface area contributed by atoms with E-state index in [4.69, 9.17) is 0 Å².